The lowest BCUT2D eigenvalue weighted by atomic mass is 10.1. The maximum atomic E-state index is 11.6. The Balaban J connectivity index is 2.63. The molecule has 1 atom stereocenters. The summed E-state index contributed by atoms with van der Waals surface area (Å²) in [6.45, 7) is 5.80. The van der Waals surface area contributed by atoms with Crippen molar-refractivity contribution in [3.8, 4) is 0 Å². The monoisotopic (exact) mass is 234 g/mol. The number of hydrogen-bond acceptors (Lipinski definition) is 3. The third kappa shape index (κ3) is 4.00. The second-order valence-corrected chi connectivity index (χ2v) is 4.20. The summed E-state index contributed by atoms with van der Waals surface area (Å²) < 4.78 is 0. The fourth-order valence-electron chi connectivity index (χ4n) is 1.12. The molecule has 1 aromatic carbocycles. The van der Waals surface area contributed by atoms with Crippen LogP contribution >= 0.6 is 0 Å². The summed E-state index contributed by atoms with van der Waals surface area (Å²) in [6, 6.07) is 8.77. The summed E-state index contributed by atoms with van der Waals surface area (Å²) in [6.07, 6.45) is -1.18. The molecule has 4 heteroatoms. The highest BCUT2D eigenvalue weighted by Crippen LogP contribution is 2.11. The number of rotatable bonds is 4. The first-order chi connectivity index (χ1) is 8.02. The number of benzene rings is 1. The van der Waals surface area contributed by atoms with Gasteiger partial charge in [0, 0.05) is 5.71 Å². The van der Waals surface area contributed by atoms with Gasteiger partial charge in [-0.1, -0.05) is 44.2 Å². The van der Waals surface area contributed by atoms with Crippen molar-refractivity contribution in [2.24, 2.45) is 11.0 Å². The molecule has 0 fully saturated rings. The van der Waals surface area contributed by atoms with Crippen molar-refractivity contribution >= 4 is 11.6 Å². The molecular weight excluding hydrogens is 216 g/mol. The normalized spacial score (nSPS) is 13.6. The number of nitrogens with one attached hydrogen (secondary N) is 1. The van der Waals surface area contributed by atoms with Crippen LogP contribution in [0.15, 0.2) is 35.4 Å². The number of aliphatic hydroxyl groups excluding tert-OH is 1. The molecule has 1 unspecified atom stereocenters. The Kier molecular flexibility index (Phi) is 4.84. The third-order valence-electron chi connectivity index (χ3n) is 2.54. The highest BCUT2D eigenvalue weighted by molar-refractivity contribution is 5.87. The molecule has 0 heterocycles. The Morgan fingerprint density at radius 2 is 1.88 bits per heavy atom. The van der Waals surface area contributed by atoms with E-state index < -0.39 is 12.0 Å². The van der Waals surface area contributed by atoms with Crippen LogP contribution in [0.5, 0.6) is 0 Å². The first-order valence-electron chi connectivity index (χ1n) is 5.59. The lowest BCUT2D eigenvalue weighted by molar-refractivity contribution is -0.129. The molecule has 0 aliphatic carbocycles. The average molecular weight is 234 g/mol. The zero-order valence-corrected chi connectivity index (χ0v) is 10.3. The van der Waals surface area contributed by atoms with Gasteiger partial charge in [-0.2, -0.15) is 5.10 Å². The van der Waals surface area contributed by atoms with Crippen LogP contribution in [0, 0.1) is 5.92 Å². The number of hydrogen-bond donors (Lipinski definition) is 2. The molecule has 1 aromatic rings. The Labute approximate surface area is 101 Å². The summed E-state index contributed by atoms with van der Waals surface area (Å²) in [5.41, 5.74) is 3.74. The van der Waals surface area contributed by atoms with Crippen LogP contribution in [0.3, 0.4) is 0 Å². The van der Waals surface area contributed by atoms with E-state index in [1.54, 1.807) is 24.3 Å². The van der Waals surface area contributed by atoms with Crippen molar-refractivity contribution in [2.75, 3.05) is 0 Å². The SMILES string of the molecule is CC(=NNC(=O)C(O)c1ccccc1)C(C)C. The topological polar surface area (TPSA) is 61.7 Å². The van der Waals surface area contributed by atoms with Crippen LogP contribution in [-0.4, -0.2) is 16.7 Å². The molecule has 0 saturated carbocycles. The number of hydrazone groups is 1. The van der Waals surface area contributed by atoms with Crippen LogP contribution in [0.2, 0.25) is 0 Å². The summed E-state index contributed by atoms with van der Waals surface area (Å²) in [5, 5.41) is 13.7. The maximum Gasteiger partial charge on any atom is 0.273 e. The minimum Gasteiger partial charge on any atom is -0.378 e. The molecule has 92 valence electrons. The van der Waals surface area contributed by atoms with Crippen LogP contribution in [0.25, 0.3) is 0 Å². The number of carbonyl (C=O) groups is 1. The number of aliphatic hydroxyl groups is 1. The van der Waals surface area contributed by atoms with E-state index in [0.717, 1.165) is 5.71 Å². The van der Waals surface area contributed by atoms with E-state index in [1.165, 1.54) is 0 Å². The first kappa shape index (κ1) is 13.4. The van der Waals surface area contributed by atoms with Crippen molar-refractivity contribution in [3.05, 3.63) is 35.9 Å². The molecule has 0 aliphatic heterocycles. The first-order valence-corrected chi connectivity index (χ1v) is 5.59. The second-order valence-electron chi connectivity index (χ2n) is 4.20. The minimum atomic E-state index is -1.18. The standard InChI is InChI=1S/C13H18N2O2/c1-9(2)10(3)14-15-13(17)12(16)11-7-5-4-6-8-11/h4-9,12,16H,1-3H3,(H,15,17). The van der Waals surface area contributed by atoms with Gasteiger partial charge >= 0.3 is 0 Å². The molecular formula is C13H18N2O2. The Bertz CT molecular complexity index is 399. The van der Waals surface area contributed by atoms with Gasteiger partial charge in [0.1, 0.15) is 0 Å². The molecule has 0 aromatic heterocycles. The second kappa shape index (κ2) is 6.15. The smallest absolute Gasteiger partial charge is 0.273 e. The lowest BCUT2D eigenvalue weighted by Crippen LogP contribution is -2.26. The number of amides is 1. The fourth-order valence-corrected chi connectivity index (χ4v) is 1.12. The van der Waals surface area contributed by atoms with Crippen molar-refractivity contribution in [3.63, 3.8) is 0 Å². The van der Waals surface area contributed by atoms with Crippen LogP contribution in [0.4, 0.5) is 0 Å². The van der Waals surface area contributed by atoms with Gasteiger partial charge in [-0.25, -0.2) is 5.43 Å². The Morgan fingerprint density at radius 1 is 1.29 bits per heavy atom. The van der Waals surface area contributed by atoms with Gasteiger partial charge in [0.2, 0.25) is 0 Å². The summed E-state index contributed by atoms with van der Waals surface area (Å²) in [5.74, 6) is -0.250. The Morgan fingerprint density at radius 3 is 2.41 bits per heavy atom. The molecule has 0 radical (unpaired) electrons. The van der Waals surface area contributed by atoms with Crippen molar-refractivity contribution in [2.45, 2.75) is 26.9 Å². The van der Waals surface area contributed by atoms with Gasteiger partial charge < -0.3 is 5.11 Å². The molecule has 4 nitrogen and oxygen atoms in total. The Hall–Kier alpha value is -1.68. The summed E-state index contributed by atoms with van der Waals surface area (Å²) in [7, 11) is 0. The van der Waals surface area contributed by atoms with Crippen molar-refractivity contribution in [1.82, 2.24) is 5.43 Å². The molecule has 0 bridgehead atoms. The van der Waals surface area contributed by atoms with E-state index >= 15 is 0 Å². The molecule has 0 spiro atoms. The molecule has 1 rings (SSSR count). The van der Waals surface area contributed by atoms with Crippen LogP contribution in [0.1, 0.15) is 32.4 Å². The summed E-state index contributed by atoms with van der Waals surface area (Å²) in [4.78, 5) is 11.6. The zero-order valence-electron chi connectivity index (χ0n) is 10.3. The quantitative estimate of drug-likeness (QED) is 0.617. The molecule has 17 heavy (non-hydrogen) atoms. The van der Waals surface area contributed by atoms with E-state index in [9.17, 15) is 9.90 Å². The van der Waals surface area contributed by atoms with E-state index in [4.69, 9.17) is 0 Å². The number of nitrogens with zero attached hydrogens (tertiary/aromatic N) is 1. The molecule has 0 saturated heterocycles. The highest BCUT2D eigenvalue weighted by Gasteiger charge is 2.16. The van der Waals surface area contributed by atoms with Gasteiger partial charge in [-0.15, -0.1) is 0 Å². The van der Waals surface area contributed by atoms with E-state index in [2.05, 4.69) is 10.5 Å². The minimum absolute atomic E-state index is 0.268. The molecule has 1 amide bonds. The van der Waals surface area contributed by atoms with Crippen LogP contribution < -0.4 is 5.43 Å². The van der Waals surface area contributed by atoms with Gasteiger partial charge in [-0.05, 0) is 18.4 Å². The van der Waals surface area contributed by atoms with E-state index in [0.29, 0.717) is 5.56 Å². The van der Waals surface area contributed by atoms with Gasteiger partial charge in [0.25, 0.3) is 5.91 Å². The lowest BCUT2D eigenvalue weighted by Gasteiger charge is -2.10. The number of carbonyl (C=O) groups excluding carboxylic acids is 1. The largest absolute Gasteiger partial charge is 0.378 e. The molecule has 2 N–H and O–H groups in total. The zero-order chi connectivity index (χ0) is 12.8. The van der Waals surface area contributed by atoms with Gasteiger partial charge in [0.05, 0.1) is 0 Å². The fraction of sp³-hybridized carbons (Fsp3) is 0.385. The summed E-state index contributed by atoms with van der Waals surface area (Å²) >= 11 is 0. The predicted molar refractivity (Wildman–Crippen MR) is 67.5 cm³/mol. The molecule has 0 aliphatic rings. The average Bonchev–Trinajstić information content (AvgIpc) is 2.35. The van der Waals surface area contributed by atoms with Crippen molar-refractivity contribution < 1.29 is 9.90 Å². The maximum absolute atomic E-state index is 11.6. The highest BCUT2D eigenvalue weighted by atomic mass is 16.3. The predicted octanol–water partition coefficient (Wildman–Crippen LogP) is 1.87. The van der Waals surface area contributed by atoms with E-state index in [-0.39, 0.29) is 5.92 Å². The van der Waals surface area contributed by atoms with E-state index in [1.807, 2.05) is 26.8 Å². The van der Waals surface area contributed by atoms with Gasteiger partial charge in [-0.3, -0.25) is 4.79 Å². The van der Waals surface area contributed by atoms with Crippen LogP contribution in [-0.2, 0) is 4.79 Å². The third-order valence-corrected chi connectivity index (χ3v) is 2.54. The van der Waals surface area contributed by atoms with Crippen molar-refractivity contribution in [1.29, 1.82) is 0 Å². The van der Waals surface area contributed by atoms with Gasteiger partial charge in [0.15, 0.2) is 6.10 Å².